The maximum absolute atomic E-state index is 4.42. The minimum Gasteiger partial charge on any atom is -0.368 e. The highest BCUT2D eigenvalue weighted by Gasteiger charge is 2.19. The summed E-state index contributed by atoms with van der Waals surface area (Å²) in [5, 5.41) is 0. The van der Waals surface area contributed by atoms with E-state index in [-0.39, 0.29) is 0 Å². The molecule has 0 amide bonds. The molecule has 0 aliphatic carbocycles. The molecule has 0 N–H and O–H groups in total. The van der Waals surface area contributed by atoms with Crippen LogP contribution in [0.3, 0.4) is 0 Å². The lowest BCUT2D eigenvalue weighted by atomic mass is 10.1. The molecule has 0 spiro atoms. The van der Waals surface area contributed by atoms with E-state index in [1.54, 1.807) is 6.33 Å². The Bertz CT molecular complexity index is 603. The third-order valence-electron chi connectivity index (χ3n) is 4.13. The van der Waals surface area contributed by atoms with Crippen LogP contribution in [0.2, 0.25) is 0 Å². The van der Waals surface area contributed by atoms with E-state index in [1.807, 2.05) is 0 Å². The number of hydrogen-bond donors (Lipinski definition) is 0. The molecule has 110 valence electrons. The molecule has 4 nitrogen and oxygen atoms in total. The van der Waals surface area contributed by atoms with Gasteiger partial charge in [-0.05, 0) is 25.0 Å². The van der Waals surface area contributed by atoms with Gasteiger partial charge in [0.05, 0.1) is 0 Å². The van der Waals surface area contributed by atoms with E-state index in [9.17, 15) is 0 Å². The Hall–Kier alpha value is -2.10. The van der Waals surface area contributed by atoms with E-state index in [0.717, 1.165) is 44.1 Å². The molecule has 1 aliphatic rings. The van der Waals surface area contributed by atoms with Crippen molar-refractivity contribution in [2.24, 2.45) is 0 Å². The predicted octanol–water partition coefficient (Wildman–Crippen LogP) is 2.67. The summed E-state index contributed by atoms with van der Waals surface area (Å²) < 4.78 is 0. The number of nitrogens with zero attached hydrogens (tertiary/aromatic N) is 4. The van der Waals surface area contributed by atoms with Gasteiger partial charge in [0, 0.05) is 43.6 Å². The molecule has 2 heterocycles. The zero-order valence-electron chi connectivity index (χ0n) is 12.8. The predicted molar refractivity (Wildman–Crippen MR) is 87.0 cm³/mol. The summed E-state index contributed by atoms with van der Waals surface area (Å²) in [7, 11) is 0. The number of anilines is 2. The molecule has 0 radical (unpaired) electrons. The molecule has 0 bridgehead atoms. The van der Waals surface area contributed by atoms with Crippen LogP contribution in [-0.2, 0) is 6.42 Å². The van der Waals surface area contributed by atoms with Gasteiger partial charge in [-0.15, -0.1) is 0 Å². The van der Waals surface area contributed by atoms with Crippen molar-refractivity contribution in [1.29, 1.82) is 0 Å². The van der Waals surface area contributed by atoms with E-state index in [4.69, 9.17) is 0 Å². The first-order valence-corrected chi connectivity index (χ1v) is 7.64. The average Bonchev–Trinajstić information content (AvgIpc) is 2.56. The normalized spacial score (nSPS) is 15.3. The van der Waals surface area contributed by atoms with E-state index >= 15 is 0 Å². The molecule has 0 unspecified atom stereocenters. The third kappa shape index (κ3) is 2.99. The van der Waals surface area contributed by atoms with Crippen LogP contribution in [-0.4, -0.2) is 36.1 Å². The molecule has 0 atom stereocenters. The Morgan fingerprint density at radius 2 is 1.71 bits per heavy atom. The summed E-state index contributed by atoms with van der Waals surface area (Å²) in [4.78, 5) is 13.5. The number of para-hydroxylation sites is 1. The van der Waals surface area contributed by atoms with Crippen molar-refractivity contribution < 1.29 is 0 Å². The maximum atomic E-state index is 4.42. The number of aromatic nitrogens is 2. The molecular formula is C17H22N4. The quantitative estimate of drug-likeness (QED) is 0.866. The fraction of sp³-hybridized carbons (Fsp3) is 0.412. The van der Waals surface area contributed by atoms with Crippen molar-refractivity contribution in [2.75, 3.05) is 36.0 Å². The highest BCUT2D eigenvalue weighted by molar-refractivity contribution is 5.54. The first-order valence-electron chi connectivity index (χ1n) is 7.64. The number of hydrogen-bond acceptors (Lipinski definition) is 4. The zero-order chi connectivity index (χ0) is 14.7. The van der Waals surface area contributed by atoms with Gasteiger partial charge in [-0.3, -0.25) is 0 Å². The molecule has 4 heteroatoms. The summed E-state index contributed by atoms with van der Waals surface area (Å²) in [6.07, 6.45) is 2.64. The van der Waals surface area contributed by atoms with Gasteiger partial charge >= 0.3 is 0 Å². The fourth-order valence-corrected chi connectivity index (χ4v) is 2.85. The van der Waals surface area contributed by atoms with Crippen molar-refractivity contribution in [3.8, 4) is 0 Å². The fourth-order valence-electron chi connectivity index (χ4n) is 2.85. The second-order valence-corrected chi connectivity index (χ2v) is 5.48. The van der Waals surface area contributed by atoms with Gasteiger partial charge in [-0.25, -0.2) is 9.97 Å². The van der Waals surface area contributed by atoms with Gasteiger partial charge in [0.15, 0.2) is 0 Å². The number of piperazine rings is 1. The Balaban J connectivity index is 1.69. The number of benzene rings is 1. The molecular weight excluding hydrogens is 260 g/mol. The topological polar surface area (TPSA) is 32.3 Å². The van der Waals surface area contributed by atoms with E-state index in [0.29, 0.717) is 0 Å². The molecule has 0 saturated carbocycles. The molecule has 1 fully saturated rings. The first kappa shape index (κ1) is 13.9. The van der Waals surface area contributed by atoms with Crippen molar-refractivity contribution in [3.05, 3.63) is 47.9 Å². The average molecular weight is 282 g/mol. The lowest BCUT2D eigenvalue weighted by Crippen LogP contribution is -2.47. The van der Waals surface area contributed by atoms with Crippen molar-refractivity contribution in [1.82, 2.24) is 9.97 Å². The van der Waals surface area contributed by atoms with Crippen LogP contribution in [0, 0.1) is 6.92 Å². The van der Waals surface area contributed by atoms with E-state index in [1.165, 1.54) is 11.3 Å². The van der Waals surface area contributed by atoms with Crippen LogP contribution in [0.25, 0.3) is 0 Å². The molecule has 21 heavy (non-hydrogen) atoms. The summed E-state index contributed by atoms with van der Waals surface area (Å²) in [5.74, 6) is 1.06. The van der Waals surface area contributed by atoms with Crippen molar-refractivity contribution in [3.63, 3.8) is 0 Å². The first-order chi connectivity index (χ1) is 10.3. The largest absolute Gasteiger partial charge is 0.368 e. The summed E-state index contributed by atoms with van der Waals surface area (Å²) in [6.45, 7) is 8.40. The second-order valence-electron chi connectivity index (χ2n) is 5.48. The zero-order valence-corrected chi connectivity index (χ0v) is 12.8. The van der Waals surface area contributed by atoms with Crippen LogP contribution in [0.1, 0.15) is 18.2 Å². The standard InChI is InChI=1S/C17H22N4/c1-3-15-12-17(19-13-18-15)21-10-8-20(9-11-21)16-7-5-4-6-14(16)2/h4-7,12-13H,3,8-11H2,1-2H3. The monoisotopic (exact) mass is 282 g/mol. The highest BCUT2D eigenvalue weighted by atomic mass is 15.3. The molecule has 1 aromatic heterocycles. The highest BCUT2D eigenvalue weighted by Crippen LogP contribution is 2.22. The summed E-state index contributed by atoms with van der Waals surface area (Å²) in [5.41, 5.74) is 3.82. The van der Waals surface area contributed by atoms with E-state index < -0.39 is 0 Å². The molecule has 1 aromatic carbocycles. The van der Waals surface area contributed by atoms with Gasteiger partial charge in [-0.2, -0.15) is 0 Å². The Morgan fingerprint density at radius 3 is 2.43 bits per heavy atom. The lowest BCUT2D eigenvalue weighted by Gasteiger charge is -2.37. The van der Waals surface area contributed by atoms with Crippen LogP contribution in [0.15, 0.2) is 36.7 Å². The number of aryl methyl sites for hydroxylation is 2. The van der Waals surface area contributed by atoms with Crippen molar-refractivity contribution in [2.45, 2.75) is 20.3 Å². The summed E-state index contributed by atoms with van der Waals surface area (Å²) >= 11 is 0. The second kappa shape index (κ2) is 6.12. The van der Waals surface area contributed by atoms with Crippen molar-refractivity contribution >= 4 is 11.5 Å². The van der Waals surface area contributed by atoms with Gasteiger partial charge in [0.25, 0.3) is 0 Å². The summed E-state index contributed by atoms with van der Waals surface area (Å²) in [6, 6.07) is 10.7. The lowest BCUT2D eigenvalue weighted by molar-refractivity contribution is 0.645. The Morgan fingerprint density at radius 1 is 1.00 bits per heavy atom. The van der Waals surface area contributed by atoms with Gasteiger partial charge in [-0.1, -0.05) is 25.1 Å². The molecule has 1 aliphatic heterocycles. The van der Waals surface area contributed by atoms with Gasteiger partial charge < -0.3 is 9.80 Å². The maximum Gasteiger partial charge on any atom is 0.132 e. The van der Waals surface area contributed by atoms with Crippen LogP contribution < -0.4 is 9.80 Å². The third-order valence-corrected chi connectivity index (χ3v) is 4.13. The van der Waals surface area contributed by atoms with Gasteiger partial charge in [0.2, 0.25) is 0 Å². The van der Waals surface area contributed by atoms with E-state index in [2.05, 4.69) is 63.9 Å². The Kier molecular flexibility index (Phi) is 4.04. The van der Waals surface area contributed by atoms with Crippen LogP contribution >= 0.6 is 0 Å². The minimum absolute atomic E-state index is 0.957. The minimum atomic E-state index is 0.957. The van der Waals surface area contributed by atoms with Gasteiger partial charge in [0.1, 0.15) is 12.1 Å². The number of rotatable bonds is 3. The Labute approximate surface area is 126 Å². The van der Waals surface area contributed by atoms with Crippen LogP contribution in [0.4, 0.5) is 11.5 Å². The molecule has 3 rings (SSSR count). The molecule has 2 aromatic rings. The van der Waals surface area contributed by atoms with Crippen LogP contribution in [0.5, 0.6) is 0 Å². The smallest absolute Gasteiger partial charge is 0.132 e. The molecule has 1 saturated heterocycles. The SMILES string of the molecule is CCc1cc(N2CCN(c3ccccc3C)CC2)ncn1.